The molecule has 0 aromatic carbocycles. The molecule has 0 radical (unpaired) electrons. The van der Waals surface area contributed by atoms with E-state index in [2.05, 4.69) is 18.8 Å². The first-order valence-electron chi connectivity index (χ1n) is 10.8. The average Bonchev–Trinajstić information content (AvgIpc) is 2.71. The van der Waals surface area contributed by atoms with Gasteiger partial charge in [0.2, 0.25) is 0 Å². The molecule has 0 unspecified atom stereocenters. The Kier molecular flexibility index (Phi) is 12.8. The zero-order valence-corrected chi connectivity index (χ0v) is 19.0. The minimum atomic E-state index is -3.57. The summed E-state index contributed by atoms with van der Waals surface area (Å²) >= 11 is 0. The first-order chi connectivity index (χ1) is 14.0. The van der Waals surface area contributed by atoms with E-state index in [0.717, 1.165) is 63.0 Å². The Hall–Kier alpha value is -1.49. The first kappa shape index (κ1) is 25.5. The van der Waals surface area contributed by atoms with E-state index in [1.165, 1.54) is 6.08 Å². The van der Waals surface area contributed by atoms with Crippen LogP contribution in [0.1, 0.15) is 83.4 Å². The summed E-state index contributed by atoms with van der Waals surface area (Å²) in [5.41, 5.74) is 1.60. The normalized spacial score (nSPS) is 12.0. The topological polar surface area (TPSA) is 85.7 Å². The molecule has 1 aromatic rings. The van der Waals surface area contributed by atoms with Crippen molar-refractivity contribution in [2.45, 2.75) is 78.6 Å². The summed E-state index contributed by atoms with van der Waals surface area (Å²) in [6, 6.07) is 3.49. The summed E-state index contributed by atoms with van der Waals surface area (Å²) in [5.74, 6) is -1.05. The Bertz CT molecular complexity index is 672. The highest BCUT2D eigenvalue weighted by Gasteiger charge is 2.30. The Morgan fingerprint density at radius 2 is 1.59 bits per heavy atom. The molecule has 7 heteroatoms. The van der Waals surface area contributed by atoms with Gasteiger partial charge in [0.05, 0.1) is 18.9 Å². The molecule has 0 aliphatic rings. The fourth-order valence-corrected chi connectivity index (χ4v) is 4.40. The third kappa shape index (κ3) is 9.70. The van der Waals surface area contributed by atoms with Gasteiger partial charge in [0.15, 0.2) is 5.44 Å². The zero-order chi connectivity index (χ0) is 21.5. The third-order valence-corrected chi connectivity index (χ3v) is 6.42. The number of aryl methyl sites for hydroxylation is 1. The molecule has 1 rings (SSSR count). The van der Waals surface area contributed by atoms with Crippen molar-refractivity contribution in [3.8, 4) is 0 Å². The van der Waals surface area contributed by atoms with E-state index in [1.54, 1.807) is 6.07 Å². The smallest absolute Gasteiger partial charge is 0.379 e. The predicted molar refractivity (Wildman–Crippen MR) is 118 cm³/mol. The van der Waals surface area contributed by atoms with E-state index in [1.807, 2.05) is 13.0 Å². The number of rotatable bonds is 16. The summed E-state index contributed by atoms with van der Waals surface area (Å²) in [4.78, 5) is 15.3. The first-order valence-corrected chi connectivity index (χ1v) is 12.3. The van der Waals surface area contributed by atoms with Crippen molar-refractivity contribution in [1.29, 1.82) is 0 Å². The molecule has 1 aromatic heterocycles. The van der Waals surface area contributed by atoms with Crippen molar-refractivity contribution in [1.82, 2.24) is 4.98 Å². The van der Waals surface area contributed by atoms with Crippen LogP contribution in [0.5, 0.6) is 0 Å². The lowest BCUT2D eigenvalue weighted by molar-refractivity contribution is -0.131. The minimum absolute atomic E-state index is 0.241. The van der Waals surface area contributed by atoms with Crippen LogP contribution in [0.25, 0.3) is 6.08 Å². The lowest BCUT2D eigenvalue weighted by Crippen LogP contribution is -2.17. The van der Waals surface area contributed by atoms with Crippen molar-refractivity contribution < 1.29 is 23.5 Å². The van der Waals surface area contributed by atoms with Gasteiger partial charge >= 0.3 is 13.6 Å². The molecule has 1 N–H and O–H groups in total. The Labute approximate surface area is 175 Å². The number of carboxylic acids is 1. The lowest BCUT2D eigenvalue weighted by Gasteiger charge is -2.19. The van der Waals surface area contributed by atoms with E-state index in [9.17, 15) is 9.36 Å². The van der Waals surface area contributed by atoms with Crippen LogP contribution in [0, 0.1) is 0 Å². The fourth-order valence-electron chi connectivity index (χ4n) is 2.84. The predicted octanol–water partition coefficient (Wildman–Crippen LogP) is 5.75. The number of unbranched alkanes of at least 4 members (excludes halogenated alkanes) is 6. The Morgan fingerprint density at radius 3 is 2.07 bits per heavy atom. The number of hydrogen-bond donors (Lipinski definition) is 1. The molecular formula is C22H36NO5P. The van der Waals surface area contributed by atoms with Crippen LogP contribution >= 0.6 is 7.60 Å². The number of pyridine rings is 1. The van der Waals surface area contributed by atoms with Crippen LogP contribution in [0.3, 0.4) is 0 Å². The summed E-state index contributed by atoms with van der Waals surface area (Å²) in [6.07, 6.45) is 11.3. The minimum Gasteiger partial charge on any atom is -0.478 e. The number of aliphatic carboxylic acids is 1. The molecule has 1 heterocycles. The van der Waals surface area contributed by atoms with Crippen molar-refractivity contribution in [2.24, 2.45) is 0 Å². The molecular weight excluding hydrogens is 389 g/mol. The van der Waals surface area contributed by atoms with Gasteiger partial charge in [-0.1, -0.05) is 65.4 Å². The molecule has 0 saturated carbocycles. The quantitative estimate of drug-likeness (QED) is 0.206. The summed E-state index contributed by atoms with van der Waals surface area (Å²) < 4.78 is 25.0. The van der Waals surface area contributed by atoms with Crippen LogP contribution in [0.2, 0.25) is 0 Å². The average molecular weight is 426 g/mol. The van der Waals surface area contributed by atoms with Gasteiger partial charge in [0.25, 0.3) is 0 Å². The van der Waals surface area contributed by atoms with Gasteiger partial charge < -0.3 is 14.2 Å². The largest absolute Gasteiger partial charge is 0.478 e. The Balaban J connectivity index is 3.00. The highest BCUT2D eigenvalue weighted by atomic mass is 31.2. The number of nitrogens with zero attached hydrogens (tertiary/aromatic N) is 1. The van der Waals surface area contributed by atoms with Crippen molar-refractivity contribution in [3.05, 3.63) is 29.5 Å². The summed E-state index contributed by atoms with van der Waals surface area (Å²) in [6.45, 7) is 6.93. The van der Waals surface area contributed by atoms with Crippen molar-refractivity contribution in [2.75, 3.05) is 13.2 Å². The second-order valence-corrected chi connectivity index (χ2v) is 8.99. The van der Waals surface area contributed by atoms with E-state index in [4.69, 9.17) is 14.2 Å². The maximum Gasteiger partial charge on any atom is 0.379 e. The van der Waals surface area contributed by atoms with Gasteiger partial charge in [-0.2, -0.15) is 0 Å². The molecule has 0 aliphatic carbocycles. The maximum absolute atomic E-state index is 13.5. The standard InChI is InChI=1S/C22H36NO5P/c1-4-7-9-11-17-27-29(26,28-18-12-10-8-5-2)21-15-13-19(6-3)20(23-21)14-16-22(24)25/h13-16H,4-12,17-18H2,1-3H3,(H,24,25). The van der Waals surface area contributed by atoms with Crippen molar-refractivity contribution >= 4 is 25.1 Å². The van der Waals surface area contributed by atoms with Gasteiger partial charge in [0.1, 0.15) is 0 Å². The molecule has 0 aliphatic heterocycles. The molecule has 0 fully saturated rings. The summed E-state index contributed by atoms with van der Waals surface area (Å²) in [7, 11) is -3.57. The lowest BCUT2D eigenvalue weighted by atomic mass is 10.1. The van der Waals surface area contributed by atoms with Gasteiger partial charge in [-0.15, -0.1) is 0 Å². The van der Waals surface area contributed by atoms with Gasteiger partial charge in [-0.3, -0.25) is 4.57 Å². The number of aromatic nitrogens is 1. The number of carboxylic acid groups (broad SMARTS) is 1. The van der Waals surface area contributed by atoms with E-state index in [0.29, 0.717) is 25.3 Å². The molecule has 0 spiro atoms. The van der Waals surface area contributed by atoms with E-state index >= 15 is 0 Å². The number of hydrogen-bond acceptors (Lipinski definition) is 5. The molecule has 6 nitrogen and oxygen atoms in total. The number of carbonyl (C=O) groups is 1. The van der Waals surface area contributed by atoms with Crippen LogP contribution in [0.15, 0.2) is 18.2 Å². The van der Waals surface area contributed by atoms with E-state index in [-0.39, 0.29) is 5.44 Å². The molecule has 0 saturated heterocycles. The van der Waals surface area contributed by atoms with Crippen LogP contribution < -0.4 is 5.44 Å². The Morgan fingerprint density at radius 1 is 1.00 bits per heavy atom. The summed E-state index contributed by atoms with van der Waals surface area (Å²) in [5, 5.41) is 8.92. The van der Waals surface area contributed by atoms with E-state index < -0.39 is 13.6 Å². The van der Waals surface area contributed by atoms with Gasteiger partial charge in [-0.05, 0) is 37.0 Å². The van der Waals surface area contributed by atoms with Gasteiger partial charge in [-0.25, -0.2) is 9.78 Å². The molecule has 0 amide bonds. The highest BCUT2D eigenvalue weighted by Crippen LogP contribution is 2.47. The second-order valence-electron chi connectivity index (χ2n) is 7.02. The monoisotopic (exact) mass is 425 g/mol. The molecule has 0 bridgehead atoms. The zero-order valence-electron chi connectivity index (χ0n) is 18.1. The van der Waals surface area contributed by atoms with Crippen LogP contribution in [-0.2, 0) is 24.8 Å². The molecule has 29 heavy (non-hydrogen) atoms. The molecule has 0 atom stereocenters. The maximum atomic E-state index is 13.5. The fraction of sp³-hybridized carbons (Fsp3) is 0.636. The SMILES string of the molecule is CCCCCCOP(=O)(OCCCCCC)c1ccc(CC)c(C=CC(=O)O)n1. The van der Waals surface area contributed by atoms with Gasteiger partial charge in [0, 0.05) is 6.08 Å². The van der Waals surface area contributed by atoms with Crippen LogP contribution in [-0.4, -0.2) is 29.3 Å². The van der Waals surface area contributed by atoms with Crippen molar-refractivity contribution in [3.63, 3.8) is 0 Å². The second kappa shape index (κ2) is 14.5. The highest BCUT2D eigenvalue weighted by molar-refractivity contribution is 7.61. The molecule has 164 valence electrons. The third-order valence-electron chi connectivity index (χ3n) is 4.56. The van der Waals surface area contributed by atoms with Crippen LogP contribution in [0.4, 0.5) is 0 Å².